The summed E-state index contributed by atoms with van der Waals surface area (Å²) >= 11 is 7.06. The molecule has 1 fully saturated rings. The van der Waals surface area contributed by atoms with Gasteiger partial charge in [-0.05, 0) is 84.1 Å². The predicted molar refractivity (Wildman–Crippen MR) is 137 cm³/mol. The normalized spacial score (nSPS) is 16.0. The van der Waals surface area contributed by atoms with E-state index in [1.165, 1.54) is 11.1 Å². The number of hydrogen-bond acceptors (Lipinski definition) is 4. The number of nitrogens with zero attached hydrogens (tertiary/aromatic N) is 3. The van der Waals surface area contributed by atoms with Crippen LogP contribution in [0, 0.1) is 0 Å². The summed E-state index contributed by atoms with van der Waals surface area (Å²) < 4.78 is 9.15. The second-order valence-corrected chi connectivity index (χ2v) is 10.1. The van der Waals surface area contributed by atoms with E-state index in [4.69, 9.17) is 9.72 Å². The molecule has 168 valence electrons. The number of halogens is 2. The van der Waals surface area contributed by atoms with Crippen molar-refractivity contribution in [3.05, 3.63) is 67.1 Å². The van der Waals surface area contributed by atoms with Crippen molar-refractivity contribution in [1.82, 2.24) is 9.66 Å². The van der Waals surface area contributed by atoms with Gasteiger partial charge in [-0.3, -0.25) is 4.79 Å². The summed E-state index contributed by atoms with van der Waals surface area (Å²) in [6.07, 6.45) is 8.44. The van der Waals surface area contributed by atoms with Crippen LogP contribution in [-0.2, 0) is 0 Å². The van der Waals surface area contributed by atoms with Gasteiger partial charge in [-0.1, -0.05) is 42.1 Å². The standard InChI is InChI=1S/C25H27Br2N3O2/c1-3-16(2)32-23-12-9-17(13-21(23)27)15-28-30-24(18-7-5-4-6-8-18)29-22-11-10-19(26)14-20(22)25(30)31/h9-16,18H,3-8H2,1-2H3/t16-/m1/s1. The molecule has 0 radical (unpaired) electrons. The molecule has 0 saturated heterocycles. The molecule has 7 heteroatoms. The Labute approximate surface area is 205 Å². The number of hydrogen-bond donors (Lipinski definition) is 0. The van der Waals surface area contributed by atoms with E-state index in [0.717, 1.165) is 63.7 Å². The van der Waals surface area contributed by atoms with Crippen LogP contribution in [0.15, 0.2) is 55.2 Å². The molecule has 1 heterocycles. The molecule has 2 aromatic carbocycles. The summed E-state index contributed by atoms with van der Waals surface area (Å²) in [6, 6.07) is 11.5. The van der Waals surface area contributed by atoms with Gasteiger partial charge in [0.1, 0.15) is 11.6 Å². The summed E-state index contributed by atoms with van der Waals surface area (Å²) in [7, 11) is 0. The van der Waals surface area contributed by atoms with E-state index in [1.54, 1.807) is 6.21 Å². The van der Waals surface area contributed by atoms with Crippen LogP contribution in [-0.4, -0.2) is 22.0 Å². The van der Waals surface area contributed by atoms with Gasteiger partial charge in [0.2, 0.25) is 0 Å². The second-order valence-electron chi connectivity index (χ2n) is 8.35. The quantitative estimate of drug-likeness (QED) is 0.304. The van der Waals surface area contributed by atoms with Crippen molar-refractivity contribution in [3.8, 4) is 5.75 Å². The Bertz CT molecular complexity index is 1200. The Morgan fingerprint density at radius 1 is 1.19 bits per heavy atom. The molecular weight excluding hydrogens is 534 g/mol. The van der Waals surface area contributed by atoms with E-state index in [2.05, 4.69) is 43.9 Å². The molecule has 4 rings (SSSR count). The summed E-state index contributed by atoms with van der Waals surface area (Å²) in [4.78, 5) is 18.3. The lowest BCUT2D eigenvalue weighted by Gasteiger charge is -2.22. The lowest BCUT2D eigenvalue weighted by atomic mass is 9.88. The number of rotatable bonds is 6. The number of ether oxygens (including phenoxy) is 1. The van der Waals surface area contributed by atoms with Crippen LogP contribution in [0.3, 0.4) is 0 Å². The van der Waals surface area contributed by atoms with Crippen LogP contribution in [0.5, 0.6) is 5.75 Å². The van der Waals surface area contributed by atoms with Gasteiger partial charge in [0.05, 0.1) is 27.7 Å². The van der Waals surface area contributed by atoms with Crippen LogP contribution in [0.1, 0.15) is 69.7 Å². The Morgan fingerprint density at radius 2 is 1.97 bits per heavy atom. The van der Waals surface area contributed by atoms with Gasteiger partial charge in [-0.15, -0.1) is 0 Å². The number of fused-ring (bicyclic) bond motifs is 1. The highest BCUT2D eigenvalue weighted by Gasteiger charge is 2.22. The Hall–Kier alpha value is -1.99. The minimum atomic E-state index is -0.135. The highest BCUT2D eigenvalue weighted by Crippen LogP contribution is 2.32. The predicted octanol–water partition coefficient (Wildman–Crippen LogP) is 7.03. The van der Waals surface area contributed by atoms with Crippen LogP contribution >= 0.6 is 31.9 Å². The van der Waals surface area contributed by atoms with Crippen LogP contribution in [0.2, 0.25) is 0 Å². The van der Waals surface area contributed by atoms with Crippen LogP contribution in [0.4, 0.5) is 0 Å². The van der Waals surface area contributed by atoms with Crippen molar-refractivity contribution in [2.75, 3.05) is 0 Å². The minimum Gasteiger partial charge on any atom is -0.490 e. The lowest BCUT2D eigenvalue weighted by Crippen LogP contribution is -2.25. The minimum absolute atomic E-state index is 0.135. The fourth-order valence-corrected chi connectivity index (χ4v) is 4.87. The third kappa shape index (κ3) is 5.15. The summed E-state index contributed by atoms with van der Waals surface area (Å²) in [6.45, 7) is 4.14. The molecule has 0 amide bonds. The van der Waals surface area contributed by atoms with E-state index >= 15 is 0 Å². The monoisotopic (exact) mass is 559 g/mol. The van der Waals surface area contributed by atoms with Crippen LogP contribution < -0.4 is 10.3 Å². The number of aromatic nitrogens is 2. The molecule has 3 aromatic rings. The van der Waals surface area contributed by atoms with Gasteiger partial charge in [0.25, 0.3) is 5.56 Å². The summed E-state index contributed by atoms with van der Waals surface area (Å²) in [5, 5.41) is 5.18. The molecule has 0 unspecified atom stereocenters. The molecule has 1 aromatic heterocycles. The largest absolute Gasteiger partial charge is 0.490 e. The summed E-state index contributed by atoms with van der Waals surface area (Å²) in [5.74, 6) is 1.81. The third-order valence-corrected chi connectivity index (χ3v) is 7.10. The maximum absolute atomic E-state index is 13.4. The van der Waals surface area contributed by atoms with Crippen molar-refractivity contribution in [3.63, 3.8) is 0 Å². The van der Waals surface area contributed by atoms with Gasteiger partial charge in [-0.2, -0.15) is 9.78 Å². The highest BCUT2D eigenvalue weighted by atomic mass is 79.9. The zero-order valence-corrected chi connectivity index (χ0v) is 21.5. The van der Waals surface area contributed by atoms with E-state index in [0.29, 0.717) is 5.39 Å². The van der Waals surface area contributed by atoms with Crippen molar-refractivity contribution >= 4 is 49.0 Å². The molecule has 1 aliphatic carbocycles. The van der Waals surface area contributed by atoms with E-state index < -0.39 is 0 Å². The maximum atomic E-state index is 13.4. The first kappa shape index (κ1) is 23.2. The average Bonchev–Trinajstić information content (AvgIpc) is 2.80. The SMILES string of the molecule is CC[C@@H](C)Oc1ccc(C=Nn2c(C3CCCCC3)nc3ccc(Br)cc3c2=O)cc1Br. The van der Waals surface area contributed by atoms with Crippen LogP contribution in [0.25, 0.3) is 10.9 Å². The molecule has 32 heavy (non-hydrogen) atoms. The van der Waals surface area contributed by atoms with Gasteiger partial charge in [0.15, 0.2) is 0 Å². The molecule has 0 aliphatic heterocycles. The zero-order chi connectivity index (χ0) is 22.7. The van der Waals surface area contributed by atoms with E-state index in [9.17, 15) is 4.79 Å². The molecule has 1 aliphatic rings. The molecular formula is C25H27Br2N3O2. The molecule has 0 bridgehead atoms. The lowest BCUT2D eigenvalue weighted by molar-refractivity contribution is 0.216. The fraction of sp³-hybridized carbons (Fsp3) is 0.400. The van der Waals surface area contributed by atoms with E-state index in [1.807, 2.05) is 43.3 Å². The van der Waals surface area contributed by atoms with Crippen molar-refractivity contribution < 1.29 is 4.74 Å². The Morgan fingerprint density at radius 3 is 2.69 bits per heavy atom. The first-order valence-corrected chi connectivity index (χ1v) is 12.8. The first-order chi connectivity index (χ1) is 15.5. The van der Waals surface area contributed by atoms with Gasteiger partial charge >= 0.3 is 0 Å². The Kier molecular flexibility index (Phi) is 7.46. The molecule has 0 spiro atoms. The third-order valence-electron chi connectivity index (χ3n) is 5.98. The molecule has 1 atom stereocenters. The van der Waals surface area contributed by atoms with Crippen molar-refractivity contribution in [1.29, 1.82) is 0 Å². The first-order valence-electron chi connectivity index (χ1n) is 11.2. The second kappa shape index (κ2) is 10.3. The molecule has 0 N–H and O–H groups in total. The van der Waals surface area contributed by atoms with Gasteiger partial charge in [0, 0.05) is 10.4 Å². The zero-order valence-electron chi connectivity index (χ0n) is 18.4. The fourth-order valence-electron chi connectivity index (χ4n) is 4.02. The molecule has 1 saturated carbocycles. The van der Waals surface area contributed by atoms with E-state index in [-0.39, 0.29) is 17.6 Å². The highest BCUT2D eigenvalue weighted by molar-refractivity contribution is 9.10. The maximum Gasteiger partial charge on any atom is 0.282 e. The number of benzene rings is 2. The van der Waals surface area contributed by atoms with Gasteiger partial charge < -0.3 is 4.74 Å². The topological polar surface area (TPSA) is 56.5 Å². The molecule has 5 nitrogen and oxygen atoms in total. The smallest absolute Gasteiger partial charge is 0.282 e. The van der Waals surface area contributed by atoms with Gasteiger partial charge in [-0.25, -0.2) is 4.98 Å². The summed E-state index contributed by atoms with van der Waals surface area (Å²) in [5.41, 5.74) is 1.47. The van der Waals surface area contributed by atoms with Crippen molar-refractivity contribution in [2.45, 2.75) is 64.4 Å². The van der Waals surface area contributed by atoms with Crippen molar-refractivity contribution in [2.24, 2.45) is 5.10 Å². The average molecular weight is 561 g/mol. The Balaban J connectivity index is 1.74.